The van der Waals surface area contributed by atoms with E-state index in [-0.39, 0.29) is 22.7 Å². The number of aromatic nitrogens is 2. The highest BCUT2D eigenvalue weighted by atomic mass is 16.6. The lowest BCUT2D eigenvalue weighted by Gasteiger charge is -2.13. The molecule has 2 rings (SSSR count). The molecule has 0 saturated heterocycles. The minimum Gasteiger partial charge on any atom is -0.377 e. The summed E-state index contributed by atoms with van der Waals surface area (Å²) in [5.41, 5.74) is 0.305. The number of hydrogen-bond donors (Lipinski definition) is 2. The molecule has 1 atom stereocenters. The second kappa shape index (κ2) is 5.05. The Bertz CT molecular complexity index is 680. The highest BCUT2D eigenvalue weighted by molar-refractivity contribution is 5.86. The van der Waals surface area contributed by atoms with Gasteiger partial charge in [0.25, 0.3) is 11.2 Å². The zero-order valence-corrected chi connectivity index (χ0v) is 10.6. The van der Waals surface area contributed by atoms with Crippen LogP contribution in [0.3, 0.4) is 0 Å². The fourth-order valence-corrected chi connectivity index (χ4v) is 1.74. The van der Waals surface area contributed by atoms with Crippen molar-refractivity contribution in [3.8, 4) is 0 Å². The number of rotatable bonds is 4. The first-order valence-corrected chi connectivity index (χ1v) is 5.95. The van der Waals surface area contributed by atoms with E-state index in [1.54, 1.807) is 0 Å². The van der Waals surface area contributed by atoms with Crippen LogP contribution in [0, 0.1) is 10.1 Å². The Morgan fingerprint density at radius 3 is 2.89 bits per heavy atom. The highest BCUT2D eigenvalue weighted by Gasteiger charge is 2.18. The lowest BCUT2D eigenvalue weighted by atomic mass is 10.1. The van der Waals surface area contributed by atoms with Gasteiger partial charge >= 0.3 is 0 Å². The number of nitro groups is 1. The topological polar surface area (TPSA) is 101 Å². The predicted octanol–water partition coefficient (Wildman–Crippen LogP) is 2.04. The zero-order valence-electron chi connectivity index (χ0n) is 10.6. The van der Waals surface area contributed by atoms with Crippen LogP contribution in [-0.4, -0.2) is 20.9 Å². The van der Waals surface area contributed by atoms with Gasteiger partial charge in [-0.2, -0.15) is 0 Å². The molecule has 1 aromatic carbocycles. The molecule has 0 radical (unpaired) electrons. The van der Waals surface area contributed by atoms with E-state index in [1.807, 2.05) is 13.8 Å². The minimum atomic E-state index is -0.503. The first kappa shape index (κ1) is 13.0. The Kier molecular flexibility index (Phi) is 3.46. The molecule has 0 amide bonds. The maximum atomic E-state index is 11.6. The Labute approximate surface area is 108 Å². The van der Waals surface area contributed by atoms with Crippen molar-refractivity contribution in [1.82, 2.24) is 9.97 Å². The van der Waals surface area contributed by atoms with E-state index < -0.39 is 4.92 Å². The molecule has 100 valence electrons. The van der Waals surface area contributed by atoms with Gasteiger partial charge in [-0.3, -0.25) is 14.9 Å². The van der Waals surface area contributed by atoms with Crippen LogP contribution in [-0.2, 0) is 0 Å². The average molecular weight is 262 g/mol. The summed E-state index contributed by atoms with van der Waals surface area (Å²) in [7, 11) is 0. The summed E-state index contributed by atoms with van der Waals surface area (Å²) in [4.78, 5) is 28.6. The molecule has 1 aromatic heterocycles. The summed E-state index contributed by atoms with van der Waals surface area (Å²) in [6.07, 6.45) is 2.11. The third kappa shape index (κ3) is 2.54. The van der Waals surface area contributed by atoms with E-state index in [2.05, 4.69) is 15.3 Å². The summed E-state index contributed by atoms with van der Waals surface area (Å²) in [5, 5.41) is 14.4. The molecule has 1 unspecified atom stereocenters. The van der Waals surface area contributed by atoms with Crippen LogP contribution < -0.4 is 10.9 Å². The van der Waals surface area contributed by atoms with Gasteiger partial charge in [0.2, 0.25) is 0 Å². The molecule has 0 fully saturated rings. The third-order valence-corrected chi connectivity index (χ3v) is 2.97. The first-order chi connectivity index (χ1) is 9.02. The Morgan fingerprint density at radius 2 is 2.26 bits per heavy atom. The van der Waals surface area contributed by atoms with Crippen molar-refractivity contribution in [3.05, 3.63) is 38.9 Å². The van der Waals surface area contributed by atoms with Crippen LogP contribution in [0.5, 0.6) is 0 Å². The number of H-pyrrole nitrogens is 1. The average Bonchev–Trinajstić information content (AvgIpc) is 2.38. The molecule has 7 heteroatoms. The van der Waals surface area contributed by atoms with Crippen LogP contribution in [0.4, 0.5) is 11.4 Å². The predicted molar refractivity (Wildman–Crippen MR) is 72.4 cm³/mol. The van der Waals surface area contributed by atoms with Gasteiger partial charge in [-0.1, -0.05) is 6.92 Å². The fraction of sp³-hybridized carbons (Fsp3) is 0.333. The molecule has 0 aliphatic carbocycles. The molecule has 19 heavy (non-hydrogen) atoms. The van der Waals surface area contributed by atoms with Crippen molar-refractivity contribution in [2.45, 2.75) is 26.3 Å². The number of anilines is 1. The lowest BCUT2D eigenvalue weighted by Crippen LogP contribution is -2.15. The van der Waals surface area contributed by atoms with Crippen LogP contribution >= 0.6 is 0 Å². The number of benzene rings is 1. The molecule has 0 aliphatic heterocycles. The lowest BCUT2D eigenvalue weighted by molar-refractivity contribution is -0.383. The number of nitrogens with one attached hydrogen (secondary N) is 2. The van der Waals surface area contributed by atoms with Gasteiger partial charge in [-0.15, -0.1) is 0 Å². The van der Waals surface area contributed by atoms with Crippen LogP contribution in [0.25, 0.3) is 10.9 Å². The van der Waals surface area contributed by atoms with Gasteiger partial charge in [0.15, 0.2) is 0 Å². The van der Waals surface area contributed by atoms with Crippen molar-refractivity contribution < 1.29 is 4.92 Å². The summed E-state index contributed by atoms with van der Waals surface area (Å²) >= 11 is 0. The molecule has 0 aliphatic rings. The van der Waals surface area contributed by atoms with Gasteiger partial charge in [0.1, 0.15) is 5.69 Å². The molecule has 2 aromatic rings. The van der Waals surface area contributed by atoms with Gasteiger partial charge in [-0.25, -0.2) is 4.98 Å². The molecular formula is C12H14N4O3. The number of fused-ring (bicyclic) bond motifs is 1. The van der Waals surface area contributed by atoms with Crippen molar-refractivity contribution >= 4 is 22.3 Å². The van der Waals surface area contributed by atoms with Gasteiger partial charge in [0, 0.05) is 12.1 Å². The van der Waals surface area contributed by atoms with Crippen LogP contribution in [0.1, 0.15) is 20.3 Å². The van der Waals surface area contributed by atoms with Gasteiger partial charge < -0.3 is 10.3 Å². The van der Waals surface area contributed by atoms with Crippen molar-refractivity contribution in [3.63, 3.8) is 0 Å². The number of nitro benzene ring substituents is 1. The summed E-state index contributed by atoms with van der Waals surface area (Å²) in [6.45, 7) is 3.91. The molecule has 7 nitrogen and oxygen atoms in total. The largest absolute Gasteiger partial charge is 0.377 e. The Morgan fingerprint density at radius 1 is 1.53 bits per heavy atom. The van der Waals surface area contributed by atoms with Crippen LogP contribution in [0.2, 0.25) is 0 Å². The van der Waals surface area contributed by atoms with Crippen molar-refractivity contribution in [2.75, 3.05) is 5.32 Å². The fourth-order valence-electron chi connectivity index (χ4n) is 1.74. The Balaban J connectivity index is 2.64. The zero-order chi connectivity index (χ0) is 14.0. The number of nitrogens with zero attached hydrogens (tertiary/aromatic N) is 2. The van der Waals surface area contributed by atoms with E-state index >= 15 is 0 Å². The quantitative estimate of drug-likeness (QED) is 0.648. The molecule has 0 spiro atoms. The standard InChI is InChI=1S/C12H14N4O3/c1-3-7(2)15-10-5-9-8(4-11(10)16(18)19)12(17)14-6-13-9/h4-7,15H,3H2,1-2H3,(H,13,14,17). The van der Waals surface area contributed by atoms with E-state index in [1.165, 1.54) is 18.5 Å². The molecule has 0 saturated carbocycles. The smallest absolute Gasteiger partial charge is 0.293 e. The summed E-state index contributed by atoms with van der Waals surface area (Å²) in [6, 6.07) is 2.89. The van der Waals surface area contributed by atoms with E-state index in [9.17, 15) is 14.9 Å². The van der Waals surface area contributed by atoms with Crippen molar-refractivity contribution in [2.24, 2.45) is 0 Å². The SMILES string of the molecule is CCC(C)Nc1cc2nc[nH]c(=O)c2cc1[N+](=O)[O-]. The van der Waals surface area contributed by atoms with Crippen LogP contribution in [0.15, 0.2) is 23.3 Å². The maximum absolute atomic E-state index is 11.6. The molecule has 0 bridgehead atoms. The molecular weight excluding hydrogens is 248 g/mol. The van der Waals surface area contributed by atoms with Crippen molar-refractivity contribution in [1.29, 1.82) is 0 Å². The number of hydrogen-bond acceptors (Lipinski definition) is 5. The van der Waals surface area contributed by atoms with Gasteiger partial charge in [0.05, 0.1) is 22.2 Å². The monoisotopic (exact) mass is 262 g/mol. The molecule has 1 heterocycles. The minimum absolute atomic E-state index is 0.0955. The molecule has 2 N–H and O–H groups in total. The summed E-state index contributed by atoms with van der Waals surface area (Å²) in [5.74, 6) is 0. The summed E-state index contributed by atoms with van der Waals surface area (Å²) < 4.78 is 0. The third-order valence-electron chi connectivity index (χ3n) is 2.97. The van der Waals surface area contributed by atoms with E-state index in [4.69, 9.17) is 0 Å². The second-order valence-corrected chi connectivity index (χ2v) is 4.33. The normalized spacial score (nSPS) is 12.3. The first-order valence-electron chi connectivity index (χ1n) is 5.95. The Hall–Kier alpha value is -2.44. The van der Waals surface area contributed by atoms with E-state index in [0.717, 1.165) is 6.42 Å². The maximum Gasteiger partial charge on any atom is 0.293 e. The number of aromatic amines is 1. The van der Waals surface area contributed by atoms with E-state index in [0.29, 0.717) is 11.2 Å². The second-order valence-electron chi connectivity index (χ2n) is 4.33. The van der Waals surface area contributed by atoms with Gasteiger partial charge in [-0.05, 0) is 19.4 Å². The highest BCUT2D eigenvalue weighted by Crippen LogP contribution is 2.28.